The Hall–Kier alpha value is -2.41. The molecule has 0 atom stereocenters. The van der Waals surface area contributed by atoms with Crippen LogP contribution in [0.15, 0.2) is 29.6 Å². The molecule has 0 aliphatic rings. The molecule has 1 aromatic carbocycles. The van der Waals surface area contributed by atoms with Gasteiger partial charge in [0.25, 0.3) is 5.91 Å². The van der Waals surface area contributed by atoms with E-state index in [2.05, 4.69) is 10.3 Å². The van der Waals surface area contributed by atoms with E-state index < -0.39 is 5.97 Å². The van der Waals surface area contributed by atoms with Crippen molar-refractivity contribution in [3.8, 4) is 5.75 Å². The Bertz CT molecular complexity index is 725. The Morgan fingerprint density at radius 2 is 1.96 bits per heavy atom. The first kappa shape index (κ1) is 19.9. The average Bonchev–Trinajstić information content (AvgIpc) is 3.05. The van der Waals surface area contributed by atoms with E-state index in [9.17, 15) is 9.59 Å². The number of nitrogens with one attached hydrogen (secondary N) is 1. The van der Waals surface area contributed by atoms with Crippen LogP contribution in [0.1, 0.15) is 30.1 Å². The van der Waals surface area contributed by atoms with E-state index >= 15 is 0 Å². The molecule has 0 aliphatic heterocycles. The molecule has 0 unspecified atom stereocenters. The molecule has 2 aromatic rings. The van der Waals surface area contributed by atoms with Gasteiger partial charge >= 0.3 is 5.97 Å². The van der Waals surface area contributed by atoms with Gasteiger partial charge in [0.1, 0.15) is 17.4 Å². The molecule has 7 heteroatoms. The molecule has 1 heterocycles. The maximum Gasteiger partial charge on any atom is 0.312 e. The number of carbonyl (C=O) groups excluding carboxylic acids is 2. The smallest absolute Gasteiger partial charge is 0.312 e. The summed E-state index contributed by atoms with van der Waals surface area (Å²) in [4.78, 5) is 27.7. The fourth-order valence-corrected chi connectivity index (χ4v) is 2.69. The van der Waals surface area contributed by atoms with Gasteiger partial charge in [-0.1, -0.05) is 31.5 Å². The van der Waals surface area contributed by atoms with Crippen molar-refractivity contribution < 1.29 is 19.1 Å². The molecule has 0 aliphatic carbocycles. The van der Waals surface area contributed by atoms with Gasteiger partial charge in [-0.15, -0.1) is 11.3 Å². The van der Waals surface area contributed by atoms with Crippen molar-refractivity contribution in [2.24, 2.45) is 5.92 Å². The van der Waals surface area contributed by atoms with Gasteiger partial charge in [0.2, 0.25) is 0 Å². The molecule has 0 spiro atoms. The zero-order valence-electron chi connectivity index (χ0n) is 15.3. The number of amides is 1. The van der Waals surface area contributed by atoms with Crippen molar-refractivity contribution in [1.82, 2.24) is 10.3 Å². The van der Waals surface area contributed by atoms with Crippen molar-refractivity contribution in [1.29, 1.82) is 0 Å². The Labute approximate surface area is 157 Å². The summed E-state index contributed by atoms with van der Waals surface area (Å²) in [6.45, 7) is 6.65. The molecule has 0 saturated heterocycles. The summed E-state index contributed by atoms with van der Waals surface area (Å²) < 4.78 is 10.6. The highest BCUT2D eigenvalue weighted by atomic mass is 32.1. The molecule has 140 valence electrons. The summed E-state index contributed by atoms with van der Waals surface area (Å²) in [5, 5.41) is 5.28. The summed E-state index contributed by atoms with van der Waals surface area (Å²) in [7, 11) is 0. The first-order valence-corrected chi connectivity index (χ1v) is 9.35. The van der Waals surface area contributed by atoms with Crippen molar-refractivity contribution in [2.75, 3.05) is 13.2 Å². The molecule has 26 heavy (non-hydrogen) atoms. The number of carbonyl (C=O) groups is 2. The van der Waals surface area contributed by atoms with Crippen LogP contribution in [0.2, 0.25) is 0 Å². The van der Waals surface area contributed by atoms with E-state index in [0.717, 1.165) is 10.8 Å². The first-order valence-electron chi connectivity index (χ1n) is 8.47. The molecule has 0 fully saturated rings. The largest absolute Gasteiger partial charge is 0.486 e. The zero-order chi connectivity index (χ0) is 18.9. The molecule has 0 radical (unpaired) electrons. The van der Waals surface area contributed by atoms with E-state index in [0.29, 0.717) is 24.8 Å². The second-order valence-electron chi connectivity index (χ2n) is 6.37. The molecule has 6 nitrogen and oxygen atoms in total. The van der Waals surface area contributed by atoms with Crippen LogP contribution in [-0.2, 0) is 27.4 Å². The summed E-state index contributed by atoms with van der Waals surface area (Å²) in [6, 6.07) is 7.78. The van der Waals surface area contributed by atoms with Crippen molar-refractivity contribution in [2.45, 2.75) is 33.8 Å². The van der Waals surface area contributed by atoms with Gasteiger partial charge in [-0.2, -0.15) is 0 Å². The molecule has 0 bridgehead atoms. The van der Waals surface area contributed by atoms with Crippen LogP contribution in [0.5, 0.6) is 5.75 Å². The minimum absolute atomic E-state index is 0.0402. The number of benzene rings is 1. The van der Waals surface area contributed by atoms with Crippen molar-refractivity contribution >= 4 is 23.2 Å². The summed E-state index contributed by atoms with van der Waals surface area (Å²) >= 11 is 1.43. The van der Waals surface area contributed by atoms with E-state index in [-0.39, 0.29) is 18.9 Å². The Morgan fingerprint density at radius 3 is 2.65 bits per heavy atom. The monoisotopic (exact) mass is 376 g/mol. The highest BCUT2D eigenvalue weighted by Crippen LogP contribution is 2.16. The van der Waals surface area contributed by atoms with Crippen LogP contribution in [0.3, 0.4) is 0 Å². The number of aryl methyl sites for hydroxylation is 1. The first-order chi connectivity index (χ1) is 12.4. The van der Waals surface area contributed by atoms with Crippen LogP contribution in [0.4, 0.5) is 0 Å². The number of aromatic nitrogens is 1. The lowest BCUT2D eigenvalue weighted by molar-refractivity contribution is -0.147. The van der Waals surface area contributed by atoms with Crippen LogP contribution >= 0.6 is 11.3 Å². The van der Waals surface area contributed by atoms with E-state index in [1.165, 1.54) is 16.9 Å². The Balaban J connectivity index is 1.72. The van der Waals surface area contributed by atoms with E-state index in [1.807, 2.05) is 45.0 Å². The molecular weight excluding hydrogens is 352 g/mol. The maximum atomic E-state index is 11.8. The van der Waals surface area contributed by atoms with Crippen LogP contribution in [-0.4, -0.2) is 30.0 Å². The van der Waals surface area contributed by atoms with Crippen molar-refractivity contribution in [3.63, 3.8) is 0 Å². The molecule has 1 N–H and O–H groups in total. The maximum absolute atomic E-state index is 11.8. The minimum atomic E-state index is -0.471. The molecule has 1 amide bonds. The second-order valence-corrected chi connectivity index (χ2v) is 7.31. The predicted molar refractivity (Wildman–Crippen MR) is 100 cm³/mol. The van der Waals surface area contributed by atoms with E-state index in [1.54, 1.807) is 5.38 Å². The van der Waals surface area contributed by atoms with Crippen LogP contribution in [0, 0.1) is 12.8 Å². The second kappa shape index (κ2) is 9.91. The van der Waals surface area contributed by atoms with Crippen molar-refractivity contribution in [3.05, 3.63) is 45.9 Å². The molecular formula is C19H24N2O4S. The van der Waals surface area contributed by atoms with Crippen LogP contribution in [0.25, 0.3) is 0 Å². The van der Waals surface area contributed by atoms with Gasteiger partial charge in [0.15, 0.2) is 6.61 Å². The zero-order valence-corrected chi connectivity index (χ0v) is 16.1. The van der Waals surface area contributed by atoms with Gasteiger partial charge < -0.3 is 14.8 Å². The number of thiazole rings is 1. The summed E-state index contributed by atoms with van der Waals surface area (Å²) in [6.07, 6.45) is 0.0402. The lowest BCUT2D eigenvalue weighted by atomic mass is 10.2. The number of rotatable bonds is 9. The highest BCUT2D eigenvalue weighted by molar-refractivity contribution is 7.09. The van der Waals surface area contributed by atoms with E-state index in [4.69, 9.17) is 9.47 Å². The van der Waals surface area contributed by atoms with Gasteiger partial charge in [0, 0.05) is 11.9 Å². The quantitative estimate of drug-likeness (QED) is 0.681. The third kappa shape index (κ3) is 7.23. The fraction of sp³-hybridized carbons (Fsp3) is 0.421. The standard InChI is InChI=1S/C19H24N2O4S/c1-13(2)9-20-17(22)10-25-19(23)8-15-12-26-18(21-15)11-24-16-6-4-14(3)5-7-16/h4-7,12-13H,8-11H2,1-3H3,(H,20,22). The summed E-state index contributed by atoms with van der Waals surface area (Å²) in [5.41, 5.74) is 1.79. The highest BCUT2D eigenvalue weighted by Gasteiger charge is 2.11. The number of hydrogen-bond donors (Lipinski definition) is 1. The molecule has 0 saturated carbocycles. The Morgan fingerprint density at radius 1 is 1.23 bits per heavy atom. The number of esters is 1. The number of nitrogens with zero attached hydrogens (tertiary/aromatic N) is 1. The number of hydrogen-bond acceptors (Lipinski definition) is 6. The average molecular weight is 376 g/mol. The van der Waals surface area contributed by atoms with Crippen LogP contribution < -0.4 is 10.1 Å². The topological polar surface area (TPSA) is 77.5 Å². The normalized spacial score (nSPS) is 10.6. The minimum Gasteiger partial charge on any atom is -0.486 e. The Kier molecular flexibility index (Phi) is 7.59. The fourth-order valence-electron chi connectivity index (χ4n) is 1.99. The third-order valence-electron chi connectivity index (χ3n) is 3.38. The van der Waals surface area contributed by atoms with Gasteiger partial charge in [-0.3, -0.25) is 9.59 Å². The molecule has 1 aromatic heterocycles. The lowest BCUT2D eigenvalue weighted by Crippen LogP contribution is -2.31. The molecule has 2 rings (SSSR count). The SMILES string of the molecule is Cc1ccc(OCc2nc(CC(=O)OCC(=O)NCC(C)C)cs2)cc1. The third-order valence-corrected chi connectivity index (χ3v) is 4.25. The van der Waals surface area contributed by atoms with Gasteiger partial charge in [-0.25, -0.2) is 4.98 Å². The van der Waals surface area contributed by atoms with Gasteiger partial charge in [0.05, 0.1) is 12.1 Å². The lowest BCUT2D eigenvalue weighted by Gasteiger charge is -2.07. The predicted octanol–water partition coefficient (Wildman–Crippen LogP) is 2.89. The summed E-state index contributed by atoms with van der Waals surface area (Å²) in [5.74, 6) is 0.364. The van der Waals surface area contributed by atoms with Gasteiger partial charge in [-0.05, 0) is 25.0 Å². The number of ether oxygens (including phenoxy) is 2.